The number of hydrogen-bond acceptors (Lipinski definition) is 3. The number of halogens is 1. The molecular formula is C12H18BrNO2. The van der Waals surface area contributed by atoms with Crippen LogP contribution in [-0.4, -0.2) is 23.9 Å². The molecule has 0 saturated carbocycles. The number of rotatable bonds is 4. The summed E-state index contributed by atoms with van der Waals surface area (Å²) in [5.41, 5.74) is 0.149. The summed E-state index contributed by atoms with van der Waals surface area (Å²) in [6.45, 7) is 5.49. The van der Waals surface area contributed by atoms with E-state index in [4.69, 9.17) is 4.74 Å². The summed E-state index contributed by atoms with van der Waals surface area (Å²) in [7, 11) is 1.63. The molecule has 4 heteroatoms. The van der Waals surface area contributed by atoms with Crippen LogP contribution in [0.15, 0.2) is 22.7 Å². The zero-order chi connectivity index (χ0) is 12.3. The molecule has 0 aliphatic rings. The molecule has 0 spiro atoms. The molecule has 0 aliphatic carbocycles. The van der Waals surface area contributed by atoms with Crippen molar-refractivity contribution in [3.05, 3.63) is 22.7 Å². The van der Waals surface area contributed by atoms with Gasteiger partial charge in [0.1, 0.15) is 5.75 Å². The van der Waals surface area contributed by atoms with Crippen molar-refractivity contribution in [3.63, 3.8) is 0 Å². The molecule has 0 amide bonds. The smallest absolute Gasteiger partial charge is 0.122 e. The van der Waals surface area contributed by atoms with Gasteiger partial charge < -0.3 is 15.2 Å². The Hall–Kier alpha value is -0.740. The zero-order valence-electron chi connectivity index (χ0n) is 10.0. The average Bonchev–Trinajstić information content (AvgIpc) is 2.15. The van der Waals surface area contributed by atoms with E-state index in [9.17, 15) is 5.11 Å². The number of hydrogen-bond donors (Lipinski definition) is 2. The lowest BCUT2D eigenvalue weighted by Crippen LogP contribution is -2.39. The molecule has 1 aromatic rings. The highest BCUT2D eigenvalue weighted by Crippen LogP contribution is 2.26. The summed E-state index contributed by atoms with van der Waals surface area (Å²) in [5.74, 6) is 0.778. The maximum absolute atomic E-state index is 9.84. The molecule has 0 heterocycles. The fourth-order valence-electron chi connectivity index (χ4n) is 1.19. The van der Waals surface area contributed by atoms with Crippen molar-refractivity contribution >= 4 is 21.6 Å². The number of nitrogens with one attached hydrogen (secondary N) is 1. The third-order valence-electron chi connectivity index (χ3n) is 2.55. The van der Waals surface area contributed by atoms with Crippen molar-refractivity contribution in [3.8, 4) is 5.75 Å². The fraction of sp³-hybridized carbons (Fsp3) is 0.500. The van der Waals surface area contributed by atoms with E-state index in [2.05, 4.69) is 21.2 Å². The Bertz CT molecular complexity index is 361. The second kappa shape index (κ2) is 5.06. The van der Waals surface area contributed by atoms with Gasteiger partial charge in [-0.3, -0.25) is 0 Å². The van der Waals surface area contributed by atoms with Gasteiger partial charge in [-0.2, -0.15) is 0 Å². The predicted octanol–water partition coefficient (Wildman–Crippen LogP) is 3.03. The predicted molar refractivity (Wildman–Crippen MR) is 70.1 cm³/mol. The van der Waals surface area contributed by atoms with Gasteiger partial charge in [-0.15, -0.1) is 0 Å². The molecule has 0 saturated heterocycles. The van der Waals surface area contributed by atoms with Crippen LogP contribution in [-0.2, 0) is 0 Å². The average molecular weight is 288 g/mol. The van der Waals surface area contributed by atoms with E-state index in [0.717, 1.165) is 15.9 Å². The van der Waals surface area contributed by atoms with Crippen LogP contribution in [0.25, 0.3) is 0 Å². The normalized spacial score (nSPS) is 13.4. The van der Waals surface area contributed by atoms with Gasteiger partial charge >= 0.3 is 0 Å². The van der Waals surface area contributed by atoms with Gasteiger partial charge in [0.15, 0.2) is 0 Å². The molecule has 0 aliphatic heterocycles. The van der Waals surface area contributed by atoms with E-state index >= 15 is 0 Å². The molecule has 90 valence electrons. The van der Waals surface area contributed by atoms with Crippen LogP contribution >= 0.6 is 15.9 Å². The van der Waals surface area contributed by atoms with Crippen LogP contribution in [0.4, 0.5) is 5.69 Å². The topological polar surface area (TPSA) is 41.5 Å². The molecule has 1 atom stereocenters. The Labute approximate surface area is 105 Å². The molecule has 0 fully saturated rings. The van der Waals surface area contributed by atoms with E-state index in [-0.39, 0.29) is 6.04 Å². The second-order valence-electron chi connectivity index (χ2n) is 4.40. The van der Waals surface area contributed by atoms with E-state index in [1.165, 1.54) is 0 Å². The highest BCUT2D eigenvalue weighted by Gasteiger charge is 2.22. The summed E-state index contributed by atoms with van der Waals surface area (Å²) in [6.07, 6.45) is 0. The maximum atomic E-state index is 9.84. The van der Waals surface area contributed by atoms with Crippen molar-refractivity contribution in [2.24, 2.45) is 0 Å². The lowest BCUT2D eigenvalue weighted by Gasteiger charge is -2.27. The van der Waals surface area contributed by atoms with E-state index in [1.54, 1.807) is 21.0 Å². The molecule has 16 heavy (non-hydrogen) atoms. The minimum absolute atomic E-state index is 0.0495. The van der Waals surface area contributed by atoms with Crippen LogP contribution in [0.3, 0.4) is 0 Å². The summed E-state index contributed by atoms with van der Waals surface area (Å²) in [5, 5.41) is 13.1. The Kier molecular flexibility index (Phi) is 4.21. The van der Waals surface area contributed by atoms with E-state index in [0.29, 0.717) is 0 Å². The number of aliphatic hydroxyl groups is 1. The molecule has 1 rings (SSSR count). The molecule has 1 unspecified atom stereocenters. The largest absolute Gasteiger partial charge is 0.497 e. The Morgan fingerprint density at radius 2 is 2.00 bits per heavy atom. The Balaban J connectivity index is 2.85. The molecule has 0 aromatic heterocycles. The van der Waals surface area contributed by atoms with Gasteiger partial charge in [-0.25, -0.2) is 0 Å². The Morgan fingerprint density at radius 3 is 2.50 bits per heavy atom. The van der Waals surface area contributed by atoms with Gasteiger partial charge in [0.05, 0.1) is 18.8 Å². The van der Waals surface area contributed by atoms with Crippen molar-refractivity contribution in [2.45, 2.75) is 32.4 Å². The molecule has 3 nitrogen and oxygen atoms in total. The minimum Gasteiger partial charge on any atom is -0.497 e. The summed E-state index contributed by atoms with van der Waals surface area (Å²) in [6, 6.07) is 5.68. The van der Waals surface area contributed by atoms with Gasteiger partial charge in [0, 0.05) is 16.2 Å². The highest BCUT2D eigenvalue weighted by molar-refractivity contribution is 9.10. The second-order valence-corrected chi connectivity index (χ2v) is 5.32. The quantitative estimate of drug-likeness (QED) is 0.894. The first-order valence-electron chi connectivity index (χ1n) is 5.16. The number of benzene rings is 1. The van der Waals surface area contributed by atoms with Crippen LogP contribution in [0.1, 0.15) is 20.8 Å². The van der Waals surface area contributed by atoms with Crippen LogP contribution in [0.2, 0.25) is 0 Å². The first kappa shape index (κ1) is 13.3. The molecule has 1 aromatic carbocycles. The Morgan fingerprint density at radius 1 is 1.38 bits per heavy atom. The van der Waals surface area contributed by atoms with Crippen molar-refractivity contribution in [1.82, 2.24) is 0 Å². The number of anilines is 1. The van der Waals surface area contributed by atoms with E-state index in [1.807, 2.05) is 25.1 Å². The van der Waals surface area contributed by atoms with Crippen molar-refractivity contribution in [1.29, 1.82) is 0 Å². The lowest BCUT2D eigenvalue weighted by atomic mass is 10.0. The van der Waals surface area contributed by atoms with Crippen molar-refractivity contribution < 1.29 is 9.84 Å². The summed E-state index contributed by atoms with van der Waals surface area (Å²) < 4.78 is 6.11. The van der Waals surface area contributed by atoms with Gasteiger partial charge in [-0.1, -0.05) is 15.9 Å². The first-order valence-corrected chi connectivity index (χ1v) is 5.95. The van der Waals surface area contributed by atoms with Crippen LogP contribution < -0.4 is 10.1 Å². The fourth-order valence-corrected chi connectivity index (χ4v) is 1.66. The molecule has 0 radical (unpaired) electrons. The lowest BCUT2D eigenvalue weighted by molar-refractivity contribution is 0.0649. The third-order valence-corrected chi connectivity index (χ3v) is 3.01. The summed E-state index contributed by atoms with van der Waals surface area (Å²) >= 11 is 3.41. The minimum atomic E-state index is -0.768. The first-order chi connectivity index (χ1) is 7.32. The zero-order valence-corrected chi connectivity index (χ0v) is 11.6. The molecule has 2 N–H and O–H groups in total. The molecular weight excluding hydrogens is 270 g/mol. The monoisotopic (exact) mass is 287 g/mol. The third kappa shape index (κ3) is 3.68. The van der Waals surface area contributed by atoms with Gasteiger partial charge in [0.2, 0.25) is 0 Å². The highest BCUT2D eigenvalue weighted by atomic mass is 79.9. The van der Waals surface area contributed by atoms with Gasteiger partial charge in [-0.05, 0) is 32.9 Å². The van der Waals surface area contributed by atoms with Crippen molar-refractivity contribution in [2.75, 3.05) is 12.4 Å². The van der Waals surface area contributed by atoms with Crippen LogP contribution in [0.5, 0.6) is 5.75 Å². The summed E-state index contributed by atoms with van der Waals surface area (Å²) in [4.78, 5) is 0. The van der Waals surface area contributed by atoms with Crippen LogP contribution in [0, 0.1) is 0 Å². The standard InChI is InChI=1S/C12H18BrNO2/c1-8(12(2,3)15)14-10-5-9(13)6-11(7-10)16-4/h5-8,14-15H,1-4H3. The van der Waals surface area contributed by atoms with Gasteiger partial charge in [0.25, 0.3) is 0 Å². The number of methoxy groups -OCH3 is 1. The SMILES string of the molecule is COc1cc(Br)cc(NC(C)C(C)(C)O)c1. The van der Waals surface area contributed by atoms with E-state index < -0.39 is 5.60 Å². The maximum Gasteiger partial charge on any atom is 0.122 e. The number of ether oxygens (including phenoxy) is 1. The molecule has 0 bridgehead atoms.